The Labute approximate surface area is 81.4 Å². The molecule has 0 aliphatic carbocycles. The maximum atomic E-state index is 9.94. The zero-order valence-electron chi connectivity index (χ0n) is 8.62. The van der Waals surface area contributed by atoms with Crippen LogP contribution < -0.4 is 5.32 Å². The van der Waals surface area contributed by atoms with E-state index >= 15 is 0 Å². The van der Waals surface area contributed by atoms with E-state index in [0.29, 0.717) is 12.5 Å². The molecular weight excluding hydrogens is 185 g/mol. The Morgan fingerprint density at radius 3 is 2.62 bits per heavy atom. The fourth-order valence-corrected chi connectivity index (χ4v) is 3.86. The summed E-state index contributed by atoms with van der Waals surface area (Å²) in [6.45, 7) is 6.63. The molecule has 4 heteroatoms. The normalized spacial score (nSPS) is 24.2. The van der Waals surface area contributed by atoms with E-state index in [1.54, 1.807) is 0 Å². The molecule has 78 valence electrons. The fraction of sp³-hybridized carbons (Fsp3) is 1.00. The SMILES string of the molecule is CCO[P+](C)(O)CC1CCNCC1. The number of hydrogen-bond donors (Lipinski definition) is 2. The fourth-order valence-electron chi connectivity index (χ4n) is 1.87. The van der Waals surface area contributed by atoms with Crippen LogP contribution in [0.2, 0.25) is 0 Å². The van der Waals surface area contributed by atoms with Crippen LogP contribution in [0.5, 0.6) is 0 Å². The largest absolute Gasteiger partial charge is 0.317 e. The van der Waals surface area contributed by atoms with Gasteiger partial charge in [-0.1, -0.05) is 0 Å². The quantitative estimate of drug-likeness (QED) is 0.685. The Bertz CT molecular complexity index is 147. The van der Waals surface area contributed by atoms with Crippen molar-refractivity contribution in [2.45, 2.75) is 19.8 Å². The monoisotopic (exact) mass is 206 g/mol. The highest BCUT2D eigenvalue weighted by molar-refractivity contribution is 7.64. The third kappa shape index (κ3) is 4.37. The molecule has 3 nitrogen and oxygen atoms in total. The lowest BCUT2D eigenvalue weighted by molar-refractivity contribution is 0.299. The number of nitrogens with one attached hydrogen (secondary N) is 1. The second-order valence-corrected chi connectivity index (χ2v) is 6.57. The highest BCUT2D eigenvalue weighted by Crippen LogP contribution is 2.53. The van der Waals surface area contributed by atoms with Gasteiger partial charge >= 0.3 is 0 Å². The summed E-state index contributed by atoms with van der Waals surface area (Å²) in [5, 5.41) is 3.32. The molecule has 1 saturated heterocycles. The van der Waals surface area contributed by atoms with E-state index in [-0.39, 0.29) is 0 Å². The molecule has 1 aliphatic heterocycles. The van der Waals surface area contributed by atoms with Crippen LogP contribution in [-0.4, -0.2) is 37.4 Å². The van der Waals surface area contributed by atoms with Gasteiger partial charge in [-0.2, -0.15) is 0 Å². The van der Waals surface area contributed by atoms with Crippen LogP contribution in [0.4, 0.5) is 0 Å². The number of piperidine rings is 1. The van der Waals surface area contributed by atoms with Gasteiger partial charge in [0.25, 0.3) is 7.72 Å². The van der Waals surface area contributed by atoms with Gasteiger partial charge in [-0.05, 0) is 32.9 Å². The van der Waals surface area contributed by atoms with Crippen molar-refractivity contribution in [3.05, 3.63) is 0 Å². The third-order valence-electron chi connectivity index (χ3n) is 2.46. The average molecular weight is 206 g/mol. The Morgan fingerprint density at radius 2 is 2.08 bits per heavy atom. The smallest absolute Gasteiger partial charge is 0.268 e. The lowest BCUT2D eigenvalue weighted by Crippen LogP contribution is -2.30. The molecule has 1 aliphatic rings. The van der Waals surface area contributed by atoms with Crippen molar-refractivity contribution >= 4 is 7.72 Å². The second kappa shape index (κ2) is 5.26. The summed E-state index contributed by atoms with van der Waals surface area (Å²) < 4.78 is 5.38. The van der Waals surface area contributed by atoms with Crippen LogP contribution in [0, 0.1) is 5.92 Å². The van der Waals surface area contributed by atoms with Crippen molar-refractivity contribution in [3.63, 3.8) is 0 Å². The minimum atomic E-state index is -2.04. The van der Waals surface area contributed by atoms with E-state index in [1.165, 1.54) is 12.8 Å². The second-order valence-electron chi connectivity index (χ2n) is 3.84. The summed E-state index contributed by atoms with van der Waals surface area (Å²) in [4.78, 5) is 9.94. The number of hydrogen-bond acceptors (Lipinski definition) is 3. The molecule has 13 heavy (non-hydrogen) atoms. The molecule has 1 unspecified atom stereocenters. The van der Waals surface area contributed by atoms with E-state index in [2.05, 4.69) is 5.32 Å². The van der Waals surface area contributed by atoms with Gasteiger partial charge in [0, 0.05) is 5.92 Å². The summed E-state index contributed by atoms with van der Waals surface area (Å²) in [6.07, 6.45) is 3.25. The van der Waals surface area contributed by atoms with Crippen molar-refractivity contribution in [3.8, 4) is 0 Å². The van der Waals surface area contributed by atoms with Gasteiger partial charge in [-0.3, -0.25) is 0 Å². The van der Waals surface area contributed by atoms with Crippen LogP contribution in [0.3, 0.4) is 0 Å². The first kappa shape index (κ1) is 11.4. The Balaban J connectivity index is 2.28. The predicted octanol–water partition coefficient (Wildman–Crippen LogP) is 1.49. The van der Waals surface area contributed by atoms with E-state index in [0.717, 1.165) is 19.3 Å². The van der Waals surface area contributed by atoms with E-state index in [4.69, 9.17) is 4.52 Å². The molecule has 0 spiro atoms. The molecule has 0 saturated carbocycles. The molecule has 0 aromatic carbocycles. The zero-order valence-corrected chi connectivity index (χ0v) is 9.52. The van der Waals surface area contributed by atoms with Gasteiger partial charge in [-0.25, -0.2) is 9.42 Å². The lowest BCUT2D eigenvalue weighted by Gasteiger charge is -2.24. The first-order valence-electron chi connectivity index (χ1n) is 5.07. The molecule has 0 aromatic heterocycles. The topological polar surface area (TPSA) is 41.5 Å². The van der Waals surface area contributed by atoms with Gasteiger partial charge < -0.3 is 5.32 Å². The molecule has 0 aromatic rings. The van der Waals surface area contributed by atoms with E-state index in [1.807, 2.05) is 13.6 Å². The average Bonchev–Trinajstić information content (AvgIpc) is 2.04. The third-order valence-corrected chi connectivity index (χ3v) is 4.47. The van der Waals surface area contributed by atoms with E-state index in [9.17, 15) is 4.89 Å². The van der Waals surface area contributed by atoms with Crippen molar-refractivity contribution < 1.29 is 9.42 Å². The molecule has 0 amide bonds. The molecule has 1 heterocycles. The van der Waals surface area contributed by atoms with Crippen molar-refractivity contribution in [1.82, 2.24) is 5.32 Å². The molecule has 0 bridgehead atoms. The van der Waals surface area contributed by atoms with Crippen LogP contribution in [-0.2, 0) is 4.52 Å². The Morgan fingerprint density at radius 1 is 1.46 bits per heavy atom. The zero-order chi connectivity index (χ0) is 9.73. The summed E-state index contributed by atoms with van der Waals surface area (Å²) >= 11 is 0. The number of rotatable bonds is 4. The molecule has 1 fully saturated rings. The first-order valence-corrected chi connectivity index (χ1v) is 7.37. The van der Waals surface area contributed by atoms with Gasteiger partial charge in [0.15, 0.2) is 0 Å². The Kier molecular flexibility index (Phi) is 4.60. The summed E-state index contributed by atoms with van der Waals surface area (Å²) in [6, 6.07) is 0. The van der Waals surface area contributed by atoms with Gasteiger partial charge in [-0.15, -0.1) is 0 Å². The maximum Gasteiger partial charge on any atom is 0.268 e. The molecule has 1 rings (SSSR count). The summed E-state index contributed by atoms with van der Waals surface area (Å²) in [5.41, 5.74) is 0. The van der Waals surface area contributed by atoms with Gasteiger partial charge in [0.2, 0.25) is 0 Å². The van der Waals surface area contributed by atoms with Crippen molar-refractivity contribution in [2.24, 2.45) is 5.92 Å². The van der Waals surface area contributed by atoms with Crippen molar-refractivity contribution in [2.75, 3.05) is 32.5 Å². The van der Waals surface area contributed by atoms with E-state index < -0.39 is 7.72 Å². The minimum Gasteiger partial charge on any atom is -0.317 e. The minimum absolute atomic E-state index is 0.631. The Hall–Kier alpha value is 0.310. The molecule has 2 N–H and O–H groups in total. The van der Waals surface area contributed by atoms with Crippen LogP contribution >= 0.6 is 7.72 Å². The maximum absolute atomic E-state index is 9.94. The summed E-state index contributed by atoms with van der Waals surface area (Å²) in [7, 11) is -2.04. The molecule has 1 atom stereocenters. The standard InChI is InChI=1S/C9H21NO2P/c1-3-12-13(2,11)8-9-4-6-10-7-5-9/h9-11H,3-8H2,1-2H3/q+1. The van der Waals surface area contributed by atoms with Crippen LogP contribution in [0.15, 0.2) is 0 Å². The van der Waals surface area contributed by atoms with Crippen LogP contribution in [0.1, 0.15) is 19.8 Å². The van der Waals surface area contributed by atoms with Crippen LogP contribution in [0.25, 0.3) is 0 Å². The first-order chi connectivity index (χ1) is 6.14. The van der Waals surface area contributed by atoms with Crippen molar-refractivity contribution in [1.29, 1.82) is 0 Å². The van der Waals surface area contributed by atoms with Gasteiger partial charge in [0.1, 0.15) is 12.8 Å². The summed E-state index contributed by atoms with van der Waals surface area (Å²) in [5.74, 6) is 0.663. The molecular formula is C9H21NO2P+. The predicted molar refractivity (Wildman–Crippen MR) is 57.1 cm³/mol. The highest BCUT2D eigenvalue weighted by atomic mass is 31.2. The van der Waals surface area contributed by atoms with Gasteiger partial charge in [0.05, 0.1) is 6.61 Å². The lowest BCUT2D eigenvalue weighted by atomic mass is 10.0. The molecule has 0 radical (unpaired) electrons. The highest BCUT2D eigenvalue weighted by Gasteiger charge is 2.34.